The first kappa shape index (κ1) is 22.4. The molecule has 8 heteroatoms. The summed E-state index contributed by atoms with van der Waals surface area (Å²) in [4.78, 5) is 18.0. The summed E-state index contributed by atoms with van der Waals surface area (Å²) in [6.07, 6.45) is 2.66. The number of aryl methyl sites for hydroxylation is 1. The molecule has 6 nitrogen and oxygen atoms in total. The van der Waals surface area contributed by atoms with Crippen molar-refractivity contribution in [3.05, 3.63) is 51.8 Å². The predicted octanol–water partition coefficient (Wildman–Crippen LogP) is 6.16. The lowest BCUT2D eigenvalue weighted by molar-refractivity contribution is 0.388. The zero-order valence-corrected chi connectivity index (χ0v) is 19.8. The molecular formula is C26H28F2N4O2. The van der Waals surface area contributed by atoms with Crippen molar-refractivity contribution in [2.24, 2.45) is 5.41 Å². The van der Waals surface area contributed by atoms with Gasteiger partial charge in [0.15, 0.2) is 11.1 Å². The third kappa shape index (κ3) is 3.81. The Hall–Kier alpha value is -3.42. The highest BCUT2D eigenvalue weighted by molar-refractivity contribution is 6.04. The molecule has 2 aromatic carbocycles. The summed E-state index contributed by atoms with van der Waals surface area (Å²) in [5.74, 6) is -1.31. The summed E-state index contributed by atoms with van der Waals surface area (Å²) < 4.78 is 36.7. The number of benzene rings is 2. The fourth-order valence-corrected chi connectivity index (χ4v) is 4.42. The molecule has 178 valence electrons. The van der Waals surface area contributed by atoms with E-state index in [1.807, 2.05) is 6.92 Å². The smallest absolute Gasteiger partial charge is 0.295 e. The van der Waals surface area contributed by atoms with Gasteiger partial charge in [-0.1, -0.05) is 26.8 Å². The first-order valence-corrected chi connectivity index (χ1v) is 11.5. The zero-order valence-electron chi connectivity index (χ0n) is 19.8. The van der Waals surface area contributed by atoms with Crippen molar-refractivity contribution in [1.82, 2.24) is 9.55 Å². The van der Waals surface area contributed by atoms with E-state index in [0.717, 1.165) is 36.8 Å². The number of oxazole rings is 1. The van der Waals surface area contributed by atoms with Gasteiger partial charge in [0.2, 0.25) is 0 Å². The standard InChI is InChI=1S/C26H28F2N4O2/c1-13-15(17-11-19(28)20(29)12-18(17)27)7-8-16-22(13)32(14-5-6-14)24(33)21-23(16)34-25(31-21)30-10-9-26(2,3)4/h7-8,11-12,14H,5-6,9-10,29H2,1-4H3,(H,30,31). The molecular weight excluding hydrogens is 438 g/mol. The Kier molecular flexibility index (Phi) is 5.15. The van der Waals surface area contributed by atoms with Crippen LogP contribution in [0.3, 0.4) is 0 Å². The first-order valence-electron chi connectivity index (χ1n) is 11.5. The molecule has 1 saturated carbocycles. The Morgan fingerprint density at radius 2 is 1.91 bits per heavy atom. The van der Waals surface area contributed by atoms with E-state index >= 15 is 0 Å². The normalized spacial score (nSPS) is 14.3. The highest BCUT2D eigenvalue weighted by Crippen LogP contribution is 2.41. The van der Waals surface area contributed by atoms with Gasteiger partial charge in [0.1, 0.15) is 11.6 Å². The van der Waals surface area contributed by atoms with Crippen LogP contribution < -0.4 is 16.6 Å². The van der Waals surface area contributed by atoms with Gasteiger partial charge in [-0.2, -0.15) is 4.98 Å². The van der Waals surface area contributed by atoms with E-state index in [-0.39, 0.29) is 33.8 Å². The summed E-state index contributed by atoms with van der Waals surface area (Å²) in [6, 6.07) is 5.95. The van der Waals surface area contributed by atoms with Crippen LogP contribution in [-0.2, 0) is 0 Å². The molecule has 1 aliphatic rings. The fourth-order valence-electron chi connectivity index (χ4n) is 4.42. The van der Waals surface area contributed by atoms with Crippen LogP contribution in [0.25, 0.3) is 33.1 Å². The van der Waals surface area contributed by atoms with Gasteiger partial charge < -0.3 is 20.0 Å². The molecule has 2 heterocycles. The van der Waals surface area contributed by atoms with Crippen LogP contribution in [0.5, 0.6) is 0 Å². The maximum Gasteiger partial charge on any atom is 0.295 e. The quantitative estimate of drug-likeness (QED) is 0.344. The summed E-state index contributed by atoms with van der Waals surface area (Å²) in [7, 11) is 0. The van der Waals surface area contributed by atoms with Crippen molar-refractivity contribution < 1.29 is 13.2 Å². The van der Waals surface area contributed by atoms with Gasteiger partial charge in [0.05, 0.1) is 11.2 Å². The van der Waals surface area contributed by atoms with E-state index in [1.165, 1.54) is 0 Å². The average molecular weight is 467 g/mol. The van der Waals surface area contributed by atoms with Crippen molar-refractivity contribution in [2.75, 3.05) is 17.6 Å². The Balaban J connectivity index is 1.71. The molecule has 1 aliphatic carbocycles. The number of nitrogens with two attached hydrogens (primary N) is 1. The molecule has 0 saturated heterocycles. The molecule has 2 aromatic heterocycles. The molecule has 0 spiro atoms. The van der Waals surface area contributed by atoms with Crippen molar-refractivity contribution >= 4 is 33.7 Å². The molecule has 0 unspecified atom stereocenters. The molecule has 34 heavy (non-hydrogen) atoms. The van der Waals surface area contributed by atoms with Gasteiger partial charge in [-0.15, -0.1) is 0 Å². The van der Waals surface area contributed by atoms with E-state index in [1.54, 1.807) is 16.7 Å². The van der Waals surface area contributed by atoms with E-state index in [2.05, 4.69) is 31.1 Å². The van der Waals surface area contributed by atoms with Crippen LogP contribution in [0, 0.1) is 24.0 Å². The van der Waals surface area contributed by atoms with Gasteiger partial charge in [0.25, 0.3) is 11.6 Å². The van der Waals surface area contributed by atoms with E-state index in [0.29, 0.717) is 34.8 Å². The number of rotatable bonds is 5. The minimum atomic E-state index is -0.688. The molecule has 1 fully saturated rings. The van der Waals surface area contributed by atoms with Gasteiger partial charge in [-0.25, -0.2) is 8.78 Å². The summed E-state index contributed by atoms with van der Waals surface area (Å²) in [6.45, 7) is 8.93. The minimum absolute atomic E-state index is 0.0513. The van der Waals surface area contributed by atoms with Gasteiger partial charge in [-0.05, 0) is 54.9 Å². The number of nitrogens with zero attached hydrogens (tertiary/aromatic N) is 2. The van der Waals surface area contributed by atoms with Crippen LogP contribution in [0.15, 0.2) is 33.5 Å². The number of hydrogen-bond acceptors (Lipinski definition) is 5. The number of hydrogen-bond donors (Lipinski definition) is 2. The molecule has 0 amide bonds. The number of anilines is 2. The summed E-state index contributed by atoms with van der Waals surface area (Å²) in [5, 5.41) is 3.91. The second-order valence-electron chi connectivity index (χ2n) is 10.3. The third-order valence-electron chi connectivity index (χ3n) is 6.40. The highest BCUT2D eigenvalue weighted by atomic mass is 19.1. The molecule has 4 aromatic rings. The van der Waals surface area contributed by atoms with Crippen molar-refractivity contribution in [3.8, 4) is 11.1 Å². The maximum absolute atomic E-state index is 14.8. The van der Waals surface area contributed by atoms with Gasteiger partial charge in [0, 0.05) is 29.6 Å². The van der Waals surface area contributed by atoms with Crippen LogP contribution in [0.4, 0.5) is 20.5 Å². The lowest BCUT2D eigenvalue weighted by Gasteiger charge is -2.17. The van der Waals surface area contributed by atoms with Crippen LogP contribution in [0.2, 0.25) is 0 Å². The summed E-state index contributed by atoms with van der Waals surface area (Å²) in [5.41, 5.74) is 7.79. The third-order valence-corrected chi connectivity index (χ3v) is 6.40. The van der Waals surface area contributed by atoms with Crippen molar-refractivity contribution in [3.63, 3.8) is 0 Å². The number of pyridine rings is 1. The molecule has 0 bridgehead atoms. The van der Waals surface area contributed by atoms with Crippen molar-refractivity contribution in [2.45, 2.75) is 53.0 Å². The minimum Gasteiger partial charge on any atom is -0.423 e. The van der Waals surface area contributed by atoms with Crippen molar-refractivity contribution in [1.29, 1.82) is 0 Å². The molecule has 5 rings (SSSR count). The summed E-state index contributed by atoms with van der Waals surface area (Å²) >= 11 is 0. The average Bonchev–Trinajstić information content (AvgIpc) is 3.49. The monoisotopic (exact) mass is 466 g/mol. The number of nitrogens with one attached hydrogen (secondary N) is 1. The Morgan fingerprint density at radius 3 is 2.59 bits per heavy atom. The van der Waals surface area contributed by atoms with Gasteiger partial charge in [-0.3, -0.25) is 4.79 Å². The van der Waals surface area contributed by atoms with E-state index in [4.69, 9.17) is 10.2 Å². The number of nitrogen functional groups attached to an aromatic ring is 1. The number of halogens is 2. The first-order chi connectivity index (χ1) is 16.0. The Morgan fingerprint density at radius 1 is 1.18 bits per heavy atom. The topological polar surface area (TPSA) is 86.1 Å². The predicted molar refractivity (Wildman–Crippen MR) is 131 cm³/mol. The zero-order chi connectivity index (χ0) is 24.4. The SMILES string of the molecule is Cc1c(-c2cc(F)c(N)cc2F)ccc2c3oc(NCCC(C)(C)C)nc3c(=O)n(C3CC3)c12. The molecule has 0 radical (unpaired) electrons. The highest BCUT2D eigenvalue weighted by Gasteiger charge is 2.30. The maximum atomic E-state index is 14.8. The fraction of sp³-hybridized carbons (Fsp3) is 0.385. The second kappa shape index (κ2) is 7.82. The lowest BCUT2D eigenvalue weighted by atomic mass is 9.92. The largest absolute Gasteiger partial charge is 0.423 e. The van der Waals surface area contributed by atoms with Crippen LogP contribution in [-0.4, -0.2) is 16.1 Å². The number of fused-ring (bicyclic) bond motifs is 3. The number of aromatic nitrogens is 2. The molecule has 0 aliphatic heterocycles. The molecule has 3 N–H and O–H groups in total. The van der Waals surface area contributed by atoms with Gasteiger partial charge >= 0.3 is 0 Å². The Bertz CT molecular complexity index is 1490. The second-order valence-corrected chi connectivity index (χ2v) is 10.3. The molecule has 0 atom stereocenters. The van der Waals surface area contributed by atoms with Crippen LogP contribution >= 0.6 is 0 Å². The van der Waals surface area contributed by atoms with E-state index in [9.17, 15) is 13.6 Å². The Labute approximate surface area is 195 Å². The lowest BCUT2D eigenvalue weighted by Crippen LogP contribution is -2.21. The van der Waals surface area contributed by atoms with Crippen LogP contribution in [0.1, 0.15) is 51.6 Å². The van der Waals surface area contributed by atoms with E-state index < -0.39 is 11.6 Å².